The van der Waals surface area contributed by atoms with Gasteiger partial charge in [0.15, 0.2) is 0 Å². The second-order valence-electron chi connectivity index (χ2n) is 8.19. The zero-order valence-electron chi connectivity index (χ0n) is 17.2. The van der Waals surface area contributed by atoms with Gasteiger partial charge >= 0.3 is 0 Å². The van der Waals surface area contributed by atoms with Crippen LogP contribution in [-0.2, 0) is 17.1 Å². The lowest BCUT2D eigenvalue weighted by molar-refractivity contribution is 0.0796. The summed E-state index contributed by atoms with van der Waals surface area (Å²) in [4.78, 5) is 20.2. The molecule has 2 saturated heterocycles. The van der Waals surface area contributed by atoms with E-state index in [1.165, 1.54) is 11.3 Å². The molecule has 0 N–H and O–H groups in total. The number of carbonyl (C=O) groups is 1. The molecule has 2 aromatic rings. The number of likely N-dealkylation sites (tertiary alicyclic amines) is 1. The highest BCUT2D eigenvalue weighted by Crippen LogP contribution is 2.33. The van der Waals surface area contributed by atoms with Crippen LogP contribution in [0.15, 0.2) is 17.2 Å². The number of aromatic nitrogens is 2. The summed E-state index contributed by atoms with van der Waals surface area (Å²) in [6.45, 7) is 6.74. The molecule has 0 spiro atoms. The van der Waals surface area contributed by atoms with Crippen LogP contribution in [0.3, 0.4) is 0 Å². The highest BCUT2D eigenvalue weighted by Gasteiger charge is 2.30. The van der Waals surface area contributed by atoms with Crippen LogP contribution in [0.4, 0.5) is 0 Å². The van der Waals surface area contributed by atoms with Crippen molar-refractivity contribution >= 4 is 27.3 Å². The molecule has 0 aromatic carbocycles. The molecule has 1 amide bonds. The van der Waals surface area contributed by atoms with E-state index in [1.807, 2.05) is 18.9 Å². The zero-order valence-corrected chi connectivity index (χ0v) is 18.9. The van der Waals surface area contributed by atoms with Gasteiger partial charge < -0.3 is 9.47 Å². The first-order valence-corrected chi connectivity index (χ1v) is 12.5. The summed E-state index contributed by atoms with van der Waals surface area (Å²) in [7, 11) is -1.69. The molecule has 158 valence electrons. The first-order chi connectivity index (χ1) is 13.8. The van der Waals surface area contributed by atoms with Gasteiger partial charge in [0.1, 0.15) is 14.8 Å². The Morgan fingerprint density at radius 1 is 1.17 bits per heavy atom. The molecular weight excluding hydrogens is 408 g/mol. The van der Waals surface area contributed by atoms with E-state index in [0.717, 1.165) is 44.5 Å². The Hall–Kier alpha value is -1.71. The predicted molar refractivity (Wildman–Crippen MR) is 114 cm³/mol. The van der Waals surface area contributed by atoms with Crippen molar-refractivity contribution in [2.45, 2.75) is 44.4 Å². The van der Waals surface area contributed by atoms with E-state index in [9.17, 15) is 13.2 Å². The van der Waals surface area contributed by atoms with Crippen LogP contribution in [0.2, 0.25) is 0 Å². The lowest BCUT2D eigenvalue weighted by atomic mass is 10.0. The number of amides is 1. The maximum Gasteiger partial charge on any atom is 0.265 e. The summed E-state index contributed by atoms with van der Waals surface area (Å²) in [6.07, 6.45) is 5.54. The minimum Gasteiger partial charge on any atom is -0.347 e. The Morgan fingerprint density at radius 3 is 2.48 bits per heavy atom. The highest BCUT2D eigenvalue weighted by molar-refractivity contribution is 7.89. The van der Waals surface area contributed by atoms with Gasteiger partial charge in [-0.15, -0.1) is 11.3 Å². The van der Waals surface area contributed by atoms with Crippen LogP contribution in [-0.4, -0.2) is 59.3 Å². The van der Waals surface area contributed by atoms with Gasteiger partial charge in [-0.1, -0.05) is 6.92 Å². The smallest absolute Gasteiger partial charge is 0.265 e. The van der Waals surface area contributed by atoms with Gasteiger partial charge in [-0.2, -0.15) is 4.31 Å². The normalized spacial score (nSPS) is 19.2. The lowest BCUT2D eigenvalue weighted by Crippen LogP contribution is -2.37. The summed E-state index contributed by atoms with van der Waals surface area (Å²) in [5, 5.41) is 0.682. The van der Waals surface area contributed by atoms with Gasteiger partial charge in [-0.05, 0) is 44.6 Å². The van der Waals surface area contributed by atoms with E-state index >= 15 is 0 Å². The summed E-state index contributed by atoms with van der Waals surface area (Å²) in [5.41, 5.74) is 1.43. The van der Waals surface area contributed by atoms with Gasteiger partial charge in [0, 0.05) is 39.4 Å². The van der Waals surface area contributed by atoms with Crippen molar-refractivity contribution < 1.29 is 13.2 Å². The van der Waals surface area contributed by atoms with Gasteiger partial charge in [-0.3, -0.25) is 4.79 Å². The standard InChI is InChI=1S/C20H28N4O3S2/c1-14-6-10-24(11-7-14)29(26,27)16-12-17(22(3)13-16)19-21-15(2)18(28-19)20(25)23-8-4-5-9-23/h12-14H,4-11H2,1-3H3. The third kappa shape index (κ3) is 3.87. The molecule has 4 heterocycles. The Labute approximate surface area is 176 Å². The summed E-state index contributed by atoms with van der Waals surface area (Å²) in [6, 6.07) is 1.69. The third-order valence-corrected chi connectivity index (χ3v) is 9.00. The molecule has 2 fully saturated rings. The third-order valence-electron chi connectivity index (χ3n) is 5.96. The number of hydrogen-bond acceptors (Lipinski definition) is 5. The molecule has 4 rings (SSSR count). The highest BCUT2D eigenvalue weighted by atomic mass is 32.2. The Kier molecular flexibility index (Phi) is 5.56. The molecule has 7 nitrogen and oxygen atoms in total. The molecule has 0 atom stereocenters. The average Bonchev–Trinajstić information content (AvgIpc) is 3.41. The largest absolute Gasteiger partial charge is 0.347 e. The van der Waals surface area contributed by atoms with Crippen LogP contribution in [0.5, 0.6) is 0 Å². The summed E-state index contributed by atoms with van der Waals surface area (Å²) in [5.74, 6) is 0.603. The maximum absolute atomic E-state index is 13.1. The number of nitrogens with zero attached hydrogens (tertiary/aromatic N) is 4. The van der Waals surface area contributed by atoms with Crippen LogP contribution < -0.4 is 0 Å². The lowest BCUT2D eigenvalue weighted by Gasteiger charge is -2.29. The van der Waals surface area contributed by atoms with Gasteiger partial charge in [0.05, 0.1) is 11.4 Å². The van der Waals surface area contributed by atoms with E-state index in [0.29, 0.717) is 39.5 Å². The average molecular weight is 437 g/mol. The molecule has 2 aliphatic rings. The number of sulfonamides is 1. The fourth-order valence-electron chi connectivity index (χ4n) is 4.03. The SMILES string of the molecule is Cc1nc(-c2cc(S(=O)(=O)N3CCC(C)CC3)cn2C)sc1C(=O)N1CCCC1. The second kappa shape index (κ2) is 7.85. The zero-order chi connectivity index (χ0) is 20.8. The topological polar surface area (TPSA) is 75.5 Å². The van der Waals surface area contributed by atoms with Crippen LogP contribution in [0.1, 0.15) is 48.0 Å². The molecule has 0 saturated carbocycles. The number of piperidine rings is 1. The summed E-state index contributed by atoms with van der Waals surface area (Å²) < 4.78 is 29.5. The van der Waals surface area contributed by atoms with Crippen molar-refractivity contribution in [2.24, 2.45) is 13.0 Å². The molecule has 0 radical (unpaired) electrons. The fraction of sp³-hybridized carbons (Fsp3) is 0.600. The predicted octanol–water partition coefficient (Wildman–Crippen LogP) is 3.11. The van der Waals surface area contributed by atoms with Crippen molar-refractivity contribution in [1.29, 1.82) is 0 Å². The molecule has 2 aromatic heterocycles. The van der Waals surface area contributed by atoms with Crippen molar-refractivity contribution in [2.75, 3.05) is 26.2 Å². The van der Waals surface area contributed by atoms with Crippen LogP contribution >= 0.6 is 11.3 Å². The monoisotopic (exact) mass is 436 g/mol. The van der Waals surface area contributed by atoms with E-state index in [1.54, 1.807) is 21.1 Å². The number of thiazole rings is 1. The van der Waals surface area contributed by atoms with Gasteiger partial charge in [0.2, 0.25) is 10.0 Å². The molecule has 2 aliphatic heterocycles. The van der Waals surface area contributed by atoms with Crippen molar-refractivity contribution in [3.05, 3.63) is 22.8 Å². The maximum atomic E-state index is 13.1. The number of aryl methyl sites for hydroxylation is 2. The minimum absolute atomic E-state index is 0.0354. The molecule has 0 unspecified atom stereocenters. The minimum atomic E-state index is -3.51. The van der Waals surface area contributed by atoms with Gasteiger partial charge in [0.25, 0.3) is 5.91 Å². The first kappa shape index (κ1) is 20.6. The Balaban J connectivity index is 1.61. The first-order valence-electron chi connectivity index (χ1n) is 10.2. The number of rotatable bonds is 4. The molecular formula is C20H28N4O3S2. The van der Waals surface area contributed by atoms with E-state index in [-0.39, 0.29) is 5.91 Å². The second-order valence-corrected chi connectivity index (χ2v) is 11.1. The van der Waals surface area contributed by atoms with Crippen molar-refractivity contribution in [3.8, 4) is 10.7 Å². The van der Waals surface area contributed by atoms with Crippen molar-refractivity contribution in [1.82, 2.24) is 18.8 Å². The summed E-state index contributed by atoms with van der Waals surface area (Å²) >= 11 is 1.35. The van der Waals surface area contributed by atoms with Crippen LogP contribution in [0.25, 0.3) is 10.7 Å². The van der Waals surface area contributed by atoms with Crippen LogP contribution in [0, 0.1) is 12.8 Å². The van der Waals surface area contributed by atoms with Crippen molar-refractivity contribution in [3.63, 3.8) is 0 Å². The fourth-order valence-corrected chi connectivity index (χ4v) is 6.67. The van der Waals surface area contributed by atoms with Gasteiger partial charge in [-0.25, -0.2) is 13.4 Å². The molecule has 0 bridgehead atoms. The Bertz CT molecular complexity index is 1010. The molecule has 0 aliphatic carbocycles. The quantitative estimate of drug-likeness (QED) is 0.738. The van der Waals surface area contributed by atoms with E-state index in [4.69, 9.17) is 0 Å². The number of carbonyl (C=O) groups excluding carboxylic acids is 1. The molecule has 9 heteroatoms. The van der Waals surface area contributed by atoms with E-state index in [2.05, 4.69) is 11.9 Å². The van der Waals surface area contributed by atoms with E-state index < -0.39 is 10.0 Å². The number of hydrogen-bond donors (Lipinski definition) is 0. The molecule has 29 heavy (non-hydrogen) atoms. The Morgan fingerprint density at radius 2 is 1.83 bits per heavy atom.